The molecule has 1 aliphatic rings. The van der Waals surface area contributed by atoms with E-state index in [0.717, 1.165) is 22.5 Å². The van der Waals surface area contributed by atoms with Gasteiger partial charge in [-0.05, 0) is 30.2 Å². The number of sulfone groups is 1. The molecule has 1 aromatic carbocycles. The van der Waals surface area contributed by atoms with Crippen molar-refractivity contribution >= 4 is 44.1 Å². The fourth-order valence-corrected chi connectivity index (χ4v) is 5.01. The fourth-order valence-electron chi connectivity index (χ4n) is 3.08. The summed E-state index contributed by atoms with van der Waals surface area (Å²) in [5.74, 6) is -1.25. The van der Waals surface area contributed by atoms with Gasteiger partial charge in [-0.15, -0.1) is 11.3 Å². The molecule has 0 saturated heterocycles. The molecule has 2 heterocycles. The number of ether oxygens (including phenoxy) is 1. The second-order valence-electron chi connectivity index (χ2n) is 6.47. The Morgan fingerprint density at radius 3 is 2.62 bits per heavy atom. The van der Waals surface area contributed by atoms with E-state index in [1.165, 1.54) is 36.3 Å². The lowest BCUT2D eigenvalue weighted by Gasteiger charge is -2.25. The summed E-state index contributed by atoms with van der Waals surface area (Å²) >= 11 is 1.15. The van der Waals surface area contributed by atoms with Crippen LogP contribution < -0.4 is 11.1 Å². The van der Waals surface area contributed by atoms with Crippen molar-refractivity contribution < 1.29 is 27.5 Å². The first-order valence-corrected chi connectivity index (χ1v) is 11.2. The third-order valence-corrected chi connectivity index (χ3v) is 6.73. The van der Waals surface area contributed by atoms with Crippen molar-refractivity contribution in [3.63, 3.8) is 0 Å². The van der Waals surface area contributed by atoms with Crippen LogP contribution >= 0.6 is 11.3 Å². The molecular formula is C18H19N3O6S2. The van der Waals surface area contributed by atoms with Gasteiger partial charge in [-0.1, -0.05) is 6.07 Å². The van der Waals surface area contributed by atoms with Crippen LogP contribution in [0.4, 0.5) is 9.80 Å². The first-order chi connectivity index (χ1) is 13.6. The Bertz CT molecular complexity index is 1110. The largest absolute Gasteiger partial charge is 0.453 e. The number of nitrogens with one attached hydrogen (secondary N) is 1. The Kier molecular flexibility index (Phi) is 5.62. The zero-order valence-corrected chi connectivity index (χ0v) is 17.4. The lowest BCUT2D eigenvalue weighted by Crippen LogP contribution is -2.35. The molecule has 0 spiro atoms. The van der Waals surface area contributed by atoms with Crippen molar-refractivity contribution in [3.8, 4) is 0 Å². The van der Waals surface area contributed by atoms with E-state index in [9.17, 15) is 22.8 Å². The van der Waals surface area contributed by atoms with E-state index in [-0.39, 0.29) is 27.6 Å². The Hall–Kier alpha value is -2.92. The quantitative estimate of drug-likeness (QED) is 0.746. The van der Waals surface area contributed by atoms with Gasteiger partial charge in [0.25, 0.3) is 11.8 Å². The van der Waals surface area contributed by atoms with Crippen LogP contribution in [-0.2, 0) is 27.5 Å². The average molecular weight is 437 g/mol. The van der Waals surface area contributed by atoms with Crippen LogP contribution in [-0.4, -0.2) is 51.1 Å². The van der Waals surface area contributed by atoms with Crippen molar-refractivity contribution in [2.45, 2.75) is 17.9 Å². The van der Waals surface area contributed by atoms with Gasteiger partial charge in [0.1, 0.15) is 5.00 Å². The van der Waals surface area contributed by atoms with Crippen LogP contribution in [0.25, 0.3) is 0 Å². The summed E-state index contributed by atoms with van der Waals surface area (Å²) in [7, 11) is -2.18. The number of methoxy groups -OCH3 is 1. The molecule has 1 aromatic heterocycles. The van der Waals surface area contributed by atoms with E-state index < -0.39 is 27.7 Å². The minimum atomic E-state index is -3.47. The van der Waals surface area contributed by atoms with Gasteiger partial charge in [-0.2, -0.15) is 0 Å². The van der Waals surface area contributed by atoms with Crippen molar-refractivity contribution in [1.82, 2.24) is 4.90 Å². The van der Waals surface area contributed by atoms with Gasteiger partial charge in [0.2, 0.25) is 0 Å². The average Bonchev–Trinajstić information content (AvgIpc) is 3.03. The van der Waals surface area contributed by atoms with Crippen molar-refractivity contribution in [2.24, 2.45) is 5.73 Å². The zero-order chi connectivity index (χ0) is 21.3. The first-order valence-electron chi connectivity index (χ1n) is 8.50. The molecule has 29 heavy (non-hydrogen) atoms. The number of rotatable bonds is 4. The molecule has 2 aromatic rings. The van der Waals surface area contributed by atoms with Crippen LogP contribution in [0.3, 0.4) is 0 Å². The van der Waals surface area contributed by atoms with E-state index >= 15 is 0 Å². The normalized spacial score (nSPS) is 13.5. The molecule has 0 saturated carbocycles. The molecule has 3 rings (SSSR count). The summed E-state index contributed by atoms with van der Waals surface area (Å²) in [6.45, 7) is 0.604. The summed E-state index contributed by atoms with van der Waals surface area (Å²) in [4.78, 5) is 38.7. The fraction of sp³-hybridized carbons (Fsp3) is 0.278. The maximum absolute atomic E-state index is 12.7. The summed E-state index contributed by atoms with van der Waals surface area (Å²) in [5.41, 5.74) is 6.57. The van der Waals surface area contributed by atoms with Gasteiger partial charge in [-0.3, -0.25) is 9.59 Å². The second-order valence-corrected chi connectivity index (χ2v) is 9.59. The minimum absolute atomic E-state index is 0.0134. The van der Waals surface area contributed by atoms with Gasteiger partial charge in [0.05, 0.1) is 24.1 Å². The lowest BCUT2D eigenvalue weighted by molar-refractivity contribution is 0.0999. The van der Waals surface area contributed by atoms with Crippen LogP contribution in [0.2, 0.25) is 0 Å². The van der Waals surface area contributed by atoms with Gasteiger partial charge < -0.3 is 20.7 Å². The molecule has 11 heteroatoms. The number of fused-ring (bicyclic) bond motifs is 1. The molecule has 0 unspecified atom stereocenters. The van der Waals surface area contributed by atoms with Gasteiger partial charge in [0.15, 0.2) is 9.84 Å². The standard InChI is InChI=1S/C18H19N3O6S2/c1-27-18(24)21-7-6-12-13(9-21)28-17(14(12)15(19)22)20-16(23)10-4-3-5-11(8-10)29(2,25)26/h3-5,8H,6-7,9H2,1-2H3,(H2,19,22)(H,20,23). The van der Waals surface area contributed by atoms with E-state index in [1.807, 2.05) is 0 Å². The summed E-state index contributed by atoms with van der Waals surface area (Å²) in [6, 6.07) is 5.60. The summed E-state index contributed by atoms with van der Waals surface area (Å²) < 4.78 is 28.2. The van der Waals surface area contributed by atoms with Gasteiger partial charge in [0, 0.05) is 23.2 Å². The van der Waals surface area contributed by atoms with E-state index in [0.29, 0.717) is 18.5 Å². The highest BCUT2D eigenvalue weighted by molar-refractivity contribution is 7.90. The Morgan fingerprint density at radius 2 is 2.00 bits per heavy atom. The number of thiophene rings is 1. The Morgan fingerprint density at radius 1 is 1.28 bits per heavy atom. The topological polar surface area (TPSA) is 136 Å². The molecule has 0 fully saturated rings. The molecular weight excluding hydrogens is 418 g/mol. The van der Waals surface area contributed by atoms with Gasteiger partial charge in [-0.25, -0.2) is 13.2 Å². The van der Waals surface area contributed by atoms with E-state index in [4.69, 9.17) is 10.5 Å². The smallest absolute Gasteiger partial charge is 0.409 e. The number of hydrogen-bond acceptors (Lipinski definition) is 7. The minimum Gasteiger partial charge on any atom is -0.453 e. The number of nitrogens with zero attached hydrogens (tertiary/aromatic N) is 1. The molecule has 0 aliphatic carbocycles. The predicted molar refractivity (Wildman–Crippen MR) is 107 cm³/mol. The Balaban J connectivity index is 1.92. The predicted octanol–water partition coefficient (Wildman–Crippen LogP) is 1.63. The highest BCUT2D eigenvalue weighted by Gasteiger charge is 2.30. The van der Waals surface area contributed by atoms with Crippen molar-refractivity contribution in [3.05, 3.63) is 45.8 Å². The van der Waals surface area contributed by atoms with Crippen LogP contribution in [0, 0.1) is 0 Å². The maximum Gasteiger partial charge on any atom is 0.409 e. The number of carbonyl (C=O) groups excluding carboxylic acids is 3. The maximum atomic E-state index is 12.7. The summed E-state index contributed by atoms with van der Waals surface area (Å²) in [6.07, 6.45) is 0.974. The third kappa shape index (κ3) is 4.25. The molecule has 3 amide bonds. The first kappa shape index (κ1) is 20.8. The highest BCUT2D eigenvalue weighted by Crippen LogP contribution is 2.37. The second kappa shape index (κ2) is 7.84. The summed E-state index contributed by atoms with van der Waals surface area (Å²) in [5, 5.41) is 2.92. The van der Waals surface area contributed by atoms with Crippen LogP contribution in [0.1, 0.15) is 31.2 Å². The molecule has 154 valence electrons. The number of amides is 3. The molecule has 1 aliphatic heterocycles. The van der Waals surface area contributed by atoms with Crippen LogP contribution in [0.15, 0.2) is 29.2 Å². The number of primary amides is 1. The lowest BCUT2D eigenvalue weighted by atomic mass is 10.0. The monoisotopic (exact) mass is 437 g/mol. The number of anilines is 1. The SMILES string of the molecule is COC(=O)N1CCc2c(sc(NC(=O)c3cccc(S(C)(=O)=O)c3)c2C(N)=O)C1. The molecule has 0 bridgehead atoms. The molecule has 9 nitrogen and oxygen atoms in total. The Labute approximate surface area is 171 Å². The third-order valence-electron chi connectivity index (χ3n) is 4.49. The van der Waals surface area contributed by atoms with Crippen molar-refractivity contribution in [1.29, 1.82) is 0 Å². The molecule has 0 atom stereocenters. The number of hydrogen-bond donors (Lipinski definition) is 2. The van der Waals surface area contributed by atoms with Crippen LogP contribution in [0.5, 0.6) is 0 Å². The van der Waals surface area contributed by atoms with E-state index in [1.54, 1.807) is 0 Å². The highest BCUT2D eigenvalue weighted by atomic mass is 32.2. The van der Waals surface area contributed by atoms with Crippen molar-refractivity contribution in [2.75, 3.05) is 25.2 Å². The number of carbonyl (C=O) groups is 3. The number of benzene rings is 1. The van der Waals surface area contributed by atoms with Gasteiger partial charge >= 0.3 is 6.09 Å². The molecule has 3 N–H and O–H groups in total. The molecule has 0 radical (unpaired) electrons. The number of nitrogens with two attached hydrogens (primary N) is 1. The zero-order valence-electron chi connectivity index (χ0n) is 15.7. The van der Waals surface area contributed by atoms with E-state index in [2.05, 4.69) is 5.32 Å².